The van der Waals surface area contributed by atoms with E-state index in [1.807, 2.05) is 54.4 Å². The first-order chi connectivity index (χ1) is 12.7. The summed E-state index contributed by atoms with van der Waals surface area (Å²) in [6.07, 6.45) is 1.80. The first-order valence-corrected chi connectivity index (χ1v) is 8.80. The number of fused-ring (bicyclic) bond motifs is 1. The van der Waals surface area contributed by atoms with Crippen LogP contribution in [0.5, 0.6) is 0 Å². The van der Waals surface area contributed by atoms with Crippen molar-refractivity contribution < 1.29 is 9.53 Å². The number of aromatic nitrogens is 3. The van der Waals surface area contributed by atoms with E-state index in [9.17, 15) is 4.79 Å². The predicted octanol–water partition coefficient (Wildman–Crippen LogP) is 2.47. The summed E-state index contributed by atoms with van der Waals surface area (Å²) in [5.74, 6) is 0.380. The smallest absolute Gasteiger partial charge is 0.275 e. The number of para-hydroxylation sites is 1. The largest absolute Gasteiger partial charge is 0.384 e. The van der Waals surface area contributed by atoms with Gasteiger partial charge in [0.15, 0.2) is 5.69 Å². The number of carbonyl (C=O) groups excluding carboxylic acids is 1. The summed E-state index contributed by atoms with van der Waals surface area (Å²) in [5, 5.41) is 5.37. The molecule has 134 valence electrons. The van der Waals surface area contributed by atoms with Crippen LogP contribution in [0.4, 0.5) is 0 Å². The van der Waals surface area contributed by atoms with Crippen LogP contribution in [0, 0.1) is 5.92 Å². The van der Waals surface area contributed by atoms with Crippen LogP contribution in [-0.4, -0.2) is 52.4 Å². The van der Waals surface area contributed by atoms with Crippen molar-refractivity contribution in [1.29, 1.82) is 0 Å². The molecule has 0 spiro atoms. The topological polar surface area (TPSA) is 60.2 Å². The van der Waals surface area contributed by atoms with E-state index in [2.05, 4.69) is 10.1 Å². The number of pyridine rings is 1. The lowest BCUT2D eigenvalue weighted by Crippen LogP contribution is -2.30. The highest BCUT2D eigenvalue weighted by atomic mass is 16.5. The second kappa shape index (κ2) is 6.88. The van der Waals surface area contributed by atoms with Crippen LogP contribution in [0.1, 0.15) is 22.1 Å². The zero-order valence-corrected chi connectivity index (χ0v) is 15.0. The molecular weight excluding hydrogens is 328 g/mol. The van der Waals surface area contributed by atoms with Gasteiger partial charge in [0.2, 0.25) is 0 Å². The minimum atomic E-state index is -0.0265. The maximum Gasteiger partial charge on any atom is 0.275 e. The Bertz CT molecular complexity index is 922. The van der Waals surface area contributed by atoms with Crippen LogP contribution in [-0.2, 0) is 11.8 Å². The highest BCUT2D eigenvalue weighted by Gasteiger charge is 2.38. The SMILES string of the molecule is COC[C@@H]1CN(C(=O)c2nn(C)c3ccccc23)C[C@H]1c1ccccn1. The van der Waals surface area contributed by atoms with Crippen LogP contribution in [0.2, 0.25) is 0 Å². The van der Waals surface area contributed by atoms with E-state index in [1.165, 1.54) is 0 Å². The summed E-state index contributed by atoms with van der Waals surface area (Å²) < 4.78 is 7.17. The molecule has 0 unspecified atom stereocenters. The summed E-state index contributed by atoms with van der Waals surface area (Å²) in [6, 6.07) is 13.8. The van der Waals surface area contributed by atoms with Gasteiger partial charge in [0.1, 0.15) is 0 Å². The number of hydrogen-bond donors (Lipinski definition) is 0. The van der Waals surface area contributed by atoms with Crippen molar-refractivity contribution in [1.82, 2.24) is 19.7 Å². The van der Waals surface area contributed by atoms with Crippen molar-refractivity contribution >= 4 is 16.8 Å². The van der Waals surface area contributed by atoms with Crippen molar-refractivity contribution in [3.63, 3.8) is 0 Å². The molecule has 1 aliphatic rings. The van der Waals surface area contributed by atoms with E-state index in [0.717, 1.165) is 16.6 Å². The van der Waals surface area contributed by atoms with Gasteiger partial charge >= 0.3 is 0 Å². The van der Waals surface area contributed by atoms with Crippen molar-refractivity contribution in [2.75, 3.05) is 26.8 Å². The van der Waals surface area contributed by atoms with Crippen LogP contribution in [0.25, 0.3) is 10.9 Å². The summed E-state index contributed by atoms with van der Waals surface area (Å²) in [6.45, 7) is 1.89. The number of methoxy groups -OCH3 is 1. The summed E-state index contributed by atoms with van der Waals surface area (Å²) in [7, 11) is 3.57. The molecule has 0 saturated carbocycles. The van der Waals surface area contributed by atoms with Gasteiger partial charge in [-0.2, -0.15) is 5.10 Å². The highest BCUT2D eigenvalue weighted by molar-refractivity contribution is 6.05. The molecule has 2 aromatic heterocycles. The monoisotopic (exact) mass is 350 g/mol. The lowest BCUT2D eigenvalue weighted by Gasteiger charge is -2.16. The molecule has 0 N–H and O–H groups in total. The minimum Gasteiger partial charge on any atom is -0.384 e. The van der Waals surface area contributed by atoms with Gasteiger partial charge in [0.05, 0.1) is 12.1 Å². The highest BCUT2D eigenvalue weighted by Crippen LogP contribution is 2.33. The molecule has 3 heterocycles. The maximum absolute atomic E-state index is 13.2. The number of aryl methyl sites for hydroxylation is 1. The molecule has 4 rings (SSSR count). The van der Waals surface area contributed by atoms with E-state index in [4.69, 9.17) is 4.74 Å². The number of benzene rings is 1. The molecule has 1 aromatic carbocycles. The molecule has 6 heteroatoms. The maximum atomic E-state index is 13.2. The number of likely N-dealkylation sites (tertiary alicyclic amines) is 1. The fourth-order valence-corrected chi connectivity index (χ4v) is 3.87. The van der Waals surface area contributed by atoms with E-state index in [-0.39, 0.29) is 17.7 Å². The first kappa shape index (κ1) is 16.7. The molecule has 0 bridgehead atoms. The van der Waals surface area contributed by atoms with E-state index in [0.29, 0.717) is 25.4 Å². The third kappa shape index (κ3) is 2.86. The lowest BCUT2D eigenvalue weighted by atomic mass is 9.93. The lowest BCUT2D eigenvalue weighted by molar-refractivity contribution is 0.0770. The third-order valence-electron chi connectivity index (χ3n) is 5.14. The van der Waals surface area contributed by atoms with Crippen LogP contribution in [0.3, 0.4) is 0 Å². The predicted molar refractivity (Wildman–Crippen MR) is 99.0 cm³/mol. The Labute approximate surface area is 152 Å². The van der Waals surface area contributed by atoms with Gasteiger partial charge in [-0.25, -0.2) is 0 Å². The van der Waals surface area contributed by atoms with Gasteiger partial charge in [-0.1, -0.05) is 24.3 Å². The quantitative estimate of drug-likeness (QED) is 0.725. The Morgan fingerprint density at radius 3 is 2.77 bits per heavy atom. The summed E-state index contributed by atoms with van der Waals surface area (Å²) in [5.41, 5.74) is 2.49. The molecule has 0 radical (unpaired) electrons. The first-order valence-electron chi connectivity index (χ1n) is 8.80. The Hall–Kier alpha value is -2.73. The molecular formula is C20H22N4O2. The Morgan fingerprint density at radius 1 is 1.19 bits per heavy atom. The normalized spacial score (nSPS) is 20.0. The van der Waals surface area contributed by atoms with Gasteiger partial charge < -0.3 is 9.64 Å². The molecule has 1 amide bonds. The molecule has 1 saturated heterocycles. The Kier molecular flexibility index (Phi) is 4.42. The van der Waals surface area contributed by atoms with Gasteiger partial charge in [-0.3, -0.25) is 14.5 Å². The van der Waals surface area contributed by atoms with Gasteiger partial charge in [0.25, 0.3) is 5.91 Å². The van der Waals surface area contributed by atoms with Crippen LogP contribution >= 0.6 is 0 Å². The van der Waals surface area contributed by atoms with Gasteiger partial charge in [-0.05, 0) is 18.2 Å². The number of nitrogens with zero attached hydrogens (tertiary/aromatic N) is 4. The standard InChI is InChI=1S/C20H22N4O2/c1-23-18-9-4-3-7-15(18)19(22-23)20(25)24-11-14(13-26-2)16(12-24)17-8-5-6-10-21-17/h3-10,14,16H,11-13H2,1-2H3/t14-,16+/m0/s1. The zero-order valence-electron chi connectivity index (χ0n) is 15.0. The van der Waals surface area contributed by atoms with Crippen molar-refractivity contribution in [2.45, 2.75) is 5.92 Å². The van der Waals surface area contributed by atoms with E-state index < -0.39 is 0 Å². The number of ether oxygens (including phenoxy) is 1. The second-order valence-corrected chi connectivity index (χ2v) is 6.78. The fraction of sp³-hybridized carbons (Fsp3) is 0.350. The molecule has 6 nitrogen and oxygen atoms in total. The second-order valence-electron chi connectivity index (χ2n) is 6.78. The number of carbonyl (C=O) groups is 1. The summed E-state index contributed by atoms with van der Waals surface area (Å²) in [4.78, 5) is 19.6. The molecule has 2 atom stereocenters. The average Bonchev–Trinajstić information content (AvgIpc) is 3.24. The van der Waals surface area contributed by atoms with Crippen molar-refractivity contribution in [3.8, 4) is 0 Å². The van der Waals surface area contributed by atoms with Crippen molar-refractivity contribution in [3.05, 3.63) is 60.0 Å². The molecule has 0 aliphatic carbocycles. The number of amides is 1. The Morgan fingerprint density at radius 2 is 2.00 bits per heavy atom. The third-order valence-corrected chi connectivity index (χ3v) is 5.14. The van der Waals surface area contributed by atoms with E-state index >= 15 is 0 Å². The fourth-order valence-electron chi connectivity index (χ4n) is 3.87. The molecule has 1 aliphatic heterocycles. The molecule has 1 fully saturated rings. The zero-order chi connectivity index (χ0) is 18.1. The number of rotatable bonds is 4. The van der Waals surface area contributed by atoms with Crippen LogP contribution < -0.4 is 0 Å². The van der Waals surface area contributed by atoms with E-state index in [1.54, 1.807) is 18.0 Å². The minimum absolute atomic E-state index is 0.0265. The molecule has 26 heavy (non-hydrogen) atoms. The molecule has 3 aromatic rings. The van der Waals surface area contributed by atoms with Crippen LogP contribution in [0.15, 0.2) is 48.7 Å². The summed E-state index contributed by atoms with van der Waals surface area (Å²) >= 11 is 0. The average molecular weight is 350 g/mol. The van der Waals surface area contributed by atoms with Crippen molar-refractivity contribution in [2.24, 2.45) is 13.0 Å². The van der Waals surface area contributed by atoms with Gasteiger partial charge in [0, 0.05) is 56.4 Å². The Balaban J connectivity index is 1.64. The van der Waals surface area contributed by atoms with Gasteiger partial charge in [-0.15, -0.1) is 0 Å². The number of hydrogen-bond acceptors (Lipinski definition) is 4.